The summed E-state index contributed by atoms with van der Waals surface area (Å²) in [4.78, 5) is 12.4. The molecule has 7 heteroatoms. The molecular formula is C19H23FN2O4. The fourth-order valence-electron chi connectivity index (χ4n) is 3.08. The van der Waals surface area contributed by atoms with Crippen molar-refractivity contribution in [2.75, 3.05) is 13.2 Å². The number of ether oxygens (including phenoxy) is 2. The summed E-state index contributed by atoms with van der Waals surface area (Å²) in [6.07, 6.45) is 1.21. The van der Waals surface area contributed by atoms with E-state index >= 15 is 0 Å². The molecule has 0 unspecified atom stereocenters. The van der Waals surface area contributed by atoms with Crippen molar-refractivity contribution in [1.29, 1.82) is 0 Å². The number of hydrogen-bond acceptors (Lipinski definition) is 5. The molecular weight excluding hydrogens is 339 g/mol. The van der Waals surface area contributed by atoms with E-state index < -0.39 is 0 Å². The van der Waals surface area contributed by atoms with E-state index in [2.05, 4.69) is 10.5 Å². The molecule has 2 atom stereocenters. The molecule has 1 saturated heterocycles. The Hall–Kier alpha value is -2.41. The Morgan fingerprint density at radius 1 is 1.42 bits per heavy atom. The number of aryl methyl sites for hydroxylation is 2. The molecule has 2 heterocycles. The van der Waals surface area contributed by atoms with Gasteiger partial charge in [0.2, 0.25) is 5.91 Å². The summed E-state index contributed by atoms with van der Waals surface area (Å²) in [5, 5.41) is 6.92. The summed E-state index contributed by atoms with van der Waals surface area (Å²) in [6.45, 7) is 4.61. The van der Waals surface area contributed by atoms with Crippen LogP contribution in [0.2, 0.25) is 0 Å². The Morgan fingerprint density at radius 3 is 3.00 bits per heavy atom. The fraction of sp³-hybridized carbons (Fsp3) is 0.474. The normalized spacial score (nSPS) is 20.0. The molecule has 0 radical (unpaired) electrons. The third-order valence-corrected chi connectivity index (χ3v) is 4.52. The first kappa shape index (κ1) is 18.4. The number of benzene rings is 1. The van der Waals surface area contributed by atoms with Crippen LogP contribution in [0.1, 0.15) is 29.9 Å². The zero-order chi connectivity index (χ0) is 18.5. The second-order valence-corrected chi connectivity index (χ2v) is 6.45. The quantitative estimate of drug-likeness (QED) is 0.855. The Balaban J connectivity index is 1.56. The van der Waals surface area contributed by atoms with Crippen LogP contribution < -0.4 is 10.1 Å². The smallest absolute Gasteiger partial charge is 0.220 e. The van der Waals surface area contributed by atoms with Crippen molar-refractivity contribution < 1.29 is 23.2 Å². The highest BCUT2D eigenvalue weighted by Crippen LogP contribution is 2.19. The molecule has 1 aliphatic rings. The maximum atomic E-state index is 13.3. The largest absolute Gasteiger partial charge is 0.486 e. The number of aromatic nitrogens is 1. The summed E-state index contributed by atoms with van der Waals surface area (Å²) in [5.41, 5.74) is 1.79. The lowest BCUT2D eigenvalue weighted by Crippen LogP contribution is -2.51. The first-order chi connectivity index (χ1) is 12.5. The van der Waals surface area contributed by atoms with E-state index in [9.17, 15) is 9.18 Å². The van der Waals surface area contributed by atoms with E-state index in [0.29, 0.717) is 38.2 Å². The number of hydrogen-bond donors (Lipinski definition) is 1. The van der Waals surface area contributed by atoms with Crippen LogP contribution in [0.3, 0.4) is 0 Å². The molecule has 26 heavy (non-hydrogen) atoms. The number of rotatable bonds is 6. The molecule has 0 aliphatic carbocycles. The van der Waals surface area contributed by atoms with Crippen LogP contribution in [0.4, 0.5) is 4.39 Å². The van der Waals surface area contributed by atoms with Crippen molar-refractivity contribution in [2.45, 2.75) is 45.3 Å². The lowest BCUT2D eigenvalue weighted by molar-refractivity contribution is -0.123. The summed E-state index contributed by atoms with van der Waals surface area (Å²) in [6, 6.07) is 5.78. The number of nitrogens with zero attached hydrogens (tertiary/aromatic N) is 1. The molecule has 6 nitrogen and oxygen atoms in total. The average molecular weight is 362 g/mol. The topological polar surface area (TPSA) is 73.6 Å². The van der Waals surface area contributed by atoms with Crippen molar-refractivity contribution in [3.05, 3.63) is 47.1 Å². The zero-order valence-electron chi connectivity index (χ0n) is 15.0. The monoisotopic (exact) mass is 362 g/mol. The Kier molecular flexibility index (Phi) is 5.88. The Morgan fingerprint density at radius 2 is 2.27 bits per heavy atom. The lowest BCUT2D eigenvalue weighted by Gasteiger charge is -2.32. The Labute approximate surface area is 151 Å². The maximum absolute atomic E-state index is 13.3. The standard InChI is InChI=1S/C19H23FN2O4/c1-12-16(13(2)26-22-12)6-7-19(23)21-17-8-9-24-11-18(17)25-15-5-3-4-14(20)10-15/h3-5,10,17-18H,6-9,11H2,1-2H3,(H,21,23)/t17-,18-/m1/s1. The minimum Gasteiger partial charge on any atom is -0.486 e. The van der Waals surface area contributed by atoms with Gasteiger partial charge in [-0.2, -0.15) is 0 Å². The van der Waals surface area contributed by atoms with Gasteiger partial charge < -0.3 is 19.3 Å². The number of carbonyl (C=O) groups is 1. The van der Waals surface area contributed by atoms with Gasteiger partial charge in [-0.3, -0.25) is 4.79 Å². The highest BCUT2D eigenvalue weighted by Gasteiger charge is 2.29. The number of carbonyl (C=O) groups excluding carboxylic acids is 1. The Bertz CT molecular complexity index is 742. The number of amides is 1. The molecule has 1 amide bonds. The molecule has 0 spiro atoms. The highest BCUT2D eigenvalue weighted by atomic mass is 19.1. The van der Waals surface area contributed by atoms with Gasteiger partial charge >= 0.3 is 0 Å². The lowest BCUT2D eigenvalue weighted by atomic mass is 10.0. The highest BCUT2D eigenvalue weighted by molar-refractivity contribution is 5.76. The van der Waals surface area contributed by atoms with E-state index in [1.807, 2.05) is 13.8 Å². The third kappa shape index (κ3) is 4.60. The van der Waals surface area contributed by atoms with Crippen molar-refractivity contribution in [2.24, 2.45) is 0 Å². The van der Waals surface area contributed by atoms with Gasteiger partial charge in [0.25, 0.3) is 0 Å². The maximum Gasteiger partial charge on any atom is 0.220 e. The van der Waals surface area contributed by atoms with E-state index in [4.69, 9.17) is 14.0 Å². The number of nitrogens with one attached hydrogen (secondary N) is 1. The zero-order valence-corrected chi connectivity index (χ0v) is 15.0. The average Bonchev–Trinajstić information content (AvgIpc) is 2.93. The molecule has 3 rings (SSSR count). The van der Waals surface area contributed by atoms with Gasteiger partial charge in [0, 0.05) is 24.7 Å². The minimum atomic E-state index is -0.362. The van der Waals surface area contributed by atoms with Crippen LogP contribution >= 0.6 is 0 Å². The predicted octanol–water partition coefficient (Wildman–Crippen LogP) is 2.72. The van der Waals surface area contributed by atoms with Crippen LogP contribution in [-0.2, 0) is 16.0 Å². The van der Waals surface area contributed by atoms with Crippen LogP contribution in [0.25, 0.3) is 0 Å². The van der Waals surface area contributed by atoms with E-state index in [-0.39, 0.29) is 23.9 Å². The van der Waals surface area contributed by atoms with Gasteiger partial charge in [-0.05, 0) is 38.8 Å². The molecule has 140 valence electrons. The van der Waals surface area contributed by atoms with Gasteiger partial charge in [0.1, 0.15) is 23.4 Å². The number of halogens is 1. The second-order valence-electron chi connectivity index (χ2n) is 6.45. The van der Waals surface area contributed by atoms with Crippen molar-refractivity contribution in [3.63, 3.8) is 0 Å². The fourth-order valence-corrected chi connectivity index (χ4v) is 3.08. The first-order valence-corrected chi connectivity index (χ1v) is 8.74. The summed E-state index contributed by atoms with van der Waals surface area (Å²) < 4.78 is 29.7. The van der Waals surface area contributed by atoms with E-state index in [0.717, 1.165) is 17.0 Å². The van der Waals surface area contributed by atoms with Gasteiger partial charge in [-0.15, -0.1) is 0 Å². The van der Waals surface area contributed by atoms with Gasteiger partial charge in [0.05, 0.1) is 18.3 Å². The summed E-state index contributed by atoms with van der Waals surface area (Å²) in [5.74, 6) is 0.744. The van der Waals surface area contributed by atoms with Crippen LogP contribution in [0.5, 0.6) is 5.75 Å². The molecule has 2 aromatic rings. The first-order valence-electron chi connectivity index (χ1n) is 8.74. The molecule has 1 aromatic carbocycles. The molecule has 1 aromatic heterocycles. The molecule has 1 N–H and O–H groups in total. The SMILES string of the molecule is Cc1noc(C)c1CCC(=O)N[C@@H]1CCOC[C@H]1Oc1cccc(F)c1. The van der Waals surface area contributed by atoms with Crippen molar-refractivity contribution >= 4 is 5.91 Å². The minimum absolute atomic E-state index is 0.0651. The van der Waals surface area contributed by atoms with Crippen LogP contribution in [-0.4, -0.2) is 36.4 Å². The summed E-state index contributed by atoms with van der Waals surface area (Å²) >= 11 is 0. The molecule has 1 fully saturated rings. The third-order valence-electron chi connectivity index (χ3n) is 4.52. The van der Waals surface area contributed by atoms with Crippen molar-refractivity contribution in [3.8, 4) is 5.75 Å². The van der Waals surface area contributed by atoms with Crippen molar-refractivity contribution in [1.82, 2.24) is 10.5 Å². The van der Waals surface area contributed by atoms with E-state index in [1.54, 1.807) is 12.1 Å². The van der Waals surface area contributed by atoms with Gasteiger partial charge in [0.15, 0.2) is 0 Å². The predicted molar refractivity (Wildman–Crippen MR) is 92.5 cm³/mol. The summed E-state index contributed by atoms with van der Waals surface area (Å²) in [7, 11) is 0. The van der Waals surface area contributed by atoms with Crippen LogP contribution in [0, 0.1) is 19.7 Å². The van der Waals surface area contributed by atoms with E-state index in [1.165, 1.54) is 12.1 Å². The molecule has 1 aliphatic heterocycles. The molecule has 0 bridgehead atoms. The molecule has 0 saturated carbocycles. The van der Waals surface area contributed by atoms with Gasteiger partial charge in [-0.1, -0.05) is 11.2 Å². The van der Waals surface area contributed by atoms with Crippen LogP contribution in [0.15, 0.2) is 28.8 Å². The second kappa shape index (κ2) is 8.31. The van der Waals surface area contributed by atoms with Gasteiger partial charge in [-0.25, -0.2) is 4.39 Å².